The lowest BCUT2D eigenvalue weighted by atomic mass is 9.90. The van der Waals surface area contributed by atoms with E-state index in [0.29, 0.717) is 0 Å². The largest absolute Gasteiger partial charge is 0.379 e. The van der Waals surface area contributed by atoms with Crippen molar-refractivity contribution in [1.29, 1.82) is 0 Å². The van der Waals surface area contributed by atoms with E-state index >= 15 is 0 Å². The molecule has 2 N–H and O–H groups in total. The second-order valence-electron chi connectivity index (χ2n) is 4.18. The van der Waals surface area contributed by atoms with Gasteiger partial charge in [0.15, 0.2) is 0 Å². The Bertz CT molecular complexity index is 177. The van der Waals surface area contributed by atoms with E-state index in [1.165, 1.54) is 37.4 Å². The van der Waals surface area contributed by atoms with Crippen LogP contribution in [0.4, 0.5) is 0 Å². The molecule has 2 aliphatic heterocycles. The maximum Gasteiger partial charge on any atom is 0.0662 e. The molecule has 0 aromatic rings. The number of nitrogens with two attached hydrogens (primary N) is 1. The summed E-state index contributed by atoms with van der Waals surface area (Å²) >= 11 is 2.05. The number of hydrogen-bond donors (Lipinski definition) is 1. The van der Waals surface area contributed by atoms with Crippen LogP contribution in [0.3, 0.4) is 0 Å². The number of thioether (sulfide) groups is 1. The molecule has 82 valence electrons. The van der Waals surface area contributed by atoms with E-state index in [1.807, 2.05) is 11.8 Å². The summed E-state index contributed by atoms with van der Waals surface area (Å²) in [6, 6.07) is 0. The summed E-state index contributed by atoms with van der Waals surface area (Å²) in [6.07, 6.45) is 2.38. The Hall–Kier alpha value is 0.230. The average molecular weight is 216 g/mol. The fourth-order valence-electron chi connectivity index (χ4n) is 2.41. The van der Waals surface area contributed by atoms with E-state index in [9.17, 15) is 0 Å². The third-order valence-electron chi connectivity index (χ3n) is 3.36. The second kappa shape index (κ2) is 4.84. The fourth-order valence-corrected chi connectivity index (χ4v) is 3.32. The van der Waals surface area contributed by atoms with Crippen molar-refractivity contribution in [3.05, 3.63) is 0 Å². The molecule has 2 heterocycles. The van der Waals surface area contributed by atoms with Crippen molar-refractivity contribution in [2.75, 3.05) is 44.4 Å². The van der Waals surface area contributed by atoms with Gasteiger partial charge < -0.3 is 10.5 Å². The van der Waals surface area contributed by atoms with Crippen LogP contribution in [0.15, 0.2) is 0 Å². The van der Waals surface area contributed by atoms with Crippen LogP contribution >= 0.6 is 11.8 Å². The molecular formula is C10H20N2OS. The molecule has 0 spiro atoms. The van der Waals surface area contributed by atoms with Gasteiger partial charge in [0.25, 0.3) is 0 Å². The molecule has 0 aliphatic carbocycles. The monoisotopic (exact) mass is 216 g/mol. The van der Waals surface area contributed by atoms with E-state index < -0.39 is 0 Å². The highest BCUT2D eigenvalue weighted by Crippen LogP contribution is 2.27. The first-order chi connectivity index (χ1) is 6.87. The van der Waals surface area contributed by atoms with Crippen LogP contribution in [-0.4, -0.2) is 54.8 Å². The van der Waals surface area contributed by atoms with Crippen LogP contribution in [0.25, 0.3) is 0 Å². The topological polar surface area (TPSA) is 38.5 Å². The zero-order valence-electron chi connectivity index (χ0n) is 8.71. The number of nitrogens with zero attached hydrogens (tertiary/aromatic N) is 1. The summed E-state index contributed by atoms with van der Waals surface area (Å²) in [5.41, 5.74) is 6.11. The maximum atomic E-state index is 5.94. The maximum absolute atomic E-state index is 5.94. The minimum absolute atomic E-state index is 0.166. The van der Waals surface area contributed by atoms with Crippen LogP contribution in [-0.2, 0) is 4.74 Å². The Balaban J connectivity index is 2.01. The molecule has 0 radical (unpaired) electrons. The first kappa shape index (κ1) is 10.7. The Morgan fingerprint density at radius 3 is 2.71 bits per heavy atom. The molecule has 1 atom stereocenters. The van der Waals surface area contributed by atoms with Gasteiger partial charge in [-0.2, -0.15) is 11.8 Å². The summed E-state index contributed by atoms with van der Waals surface area (Å²) in [5, 5.41) is 0. The first-order valence-electron chi connectivity index (χ1n) is 5.48. The number of ether oxygens (including phenoxy) is 1. The molecule has 2 fully saturated rings. The fraction of sp³-hybridized carbons (Fsp3) is 1.00. The zero-order chi connectivity index (χ0) is 9.86. The van der Waals surface area contributed by atoms with Crippen molar-refractivity contribution >= 4 is 11.8 Å². The summed E-state index contributed by atoms with van der Waals surface area (Å²) in [7, 11) is 0. The van der Waals surface area contributed by atoms with Gasteiger partial charge >= 0.3 is 0 Å². The van der Waals surface area contributed by atoms with Crippen molar-refractivity contribution in [1.82, 2.24) is 4.90 Å². The van der Waals surface area contributed by atoms with Crippen molar-refractivity contribution < 1.29 is 4.74 Å². The van der Waals surface area contributed by atoms with E-state index in [0.717, 1.165) is 19.8 Å². The van der Waals surface area contributed by atoms with Gasteiger partial charge in [-0.1, -0.05) is 0 Å². The van der Waals surface area contributed by atoms with Crippen LogP contribution in [0.2, 0.25) is 0 Å². The van der Waals surface area contributed by atoms with Crippen LogP contribution in [0.5, 0.6) is 0 Å². The SMILES string of the molecule is NCC1(N2CCSCC2)CCCOC1. The molecule has 0 aromatic carbocycles. The minimum Gasteiger partial charge on any atom is -0.379 e. The van der Waals surface area contributed by atoms with Crippen molar-refractivity contribution in [3.8, 4) is 0 Å². The Morgan fingerprint density at radius 1 is 1.36 bits per heavy atom. The van der Waals surface area contributed by atoms with Gasteiger partial charge in [-0.05, 0) is 12.8 Å². The minimum atomic E-state index is 0.166. The molecule has 0 aromatic heterocycles. The Morgan fingerprint density at radius 2 is 2.14 bits per heavy atom. The van der Waals surface area contributed by atoms with E-state index in [4.69, 9.17) is 10.5 Å². The molecular weight excluding hydrogens is 196 g/mol. The van der Waals surface area contributed by atoms with Crippen LogP contribution in [0.1, 0.15) is 12.8 Å². The smallest absolute Gasteiger partial charge is 0.0662 e. The molecule has 14 heavy (non-hydrogen) atoms. The van der Waals surface area contributed by atoms with Crippen molar-refractivity contribution in [3.63, 3.8) is 0 Å². The standard InChI is InChI=1S/C10H20N2OS/c11-8-10(2-1-5-13-9-10)12-3-6-14-7-4-12/h1-9,11H2. The first-order valence-corrected chi connectivity index (χ1v) is 6.63. The van der Waals surface area contributed by atoms with E-state index in [-0.39, 0.29) is 5.54 Å². The summed E-state index contributed by atoms with van der Waals surface area (Å²) < 4.78 is 5.60. The molecule has 0 saturated carbocycles. The molecule has 0 bridgehead atoms. The van der Waals surface area contributed by atoms with Crippen molar-refractivity contribution in [2.45, 2.75) is 18.4 Å². The lowest BCUT2D eigenvalue weighted by molar-refractivity contribution is -0.0410. The Labute approximate surface area is 90.3 Å². The predicted octanol–water partition coefficient (Wildman–Crippen LogP) is 0.543. The van der Waals surface area contributed by atoms with Crippen LogP contribution < -0.4 is 5.73 Å². The molecule has 2 rings (SSSR count). The number of hydrogen-bond acceptors (Lipinski definition) is 4. The molecule has 4 heteroatoms. The summed E-state index contributed by atoms with van der Waals surface area (Å²) in [4.78, 5) is 2.56. The third-order valence-corrected chi connectivity index (χ3v) is 4.31. The van der Waals surface area contributed by atoms with Gasteiger partial charge in [0.05, 0.1) is 12.1 Å². The van der Waals surface area contributed by atoms with Gasteiger partial charge in [0, 0.05) is 37.7 Å². The molecule has 2 aliphatic rings. The molecule has 3 nitrogen and oxygen atoms in total. The van der Waals surface area contributed by atoms with Gasteiger partial charge in [0.1, 0.15) is 0 Å². The lowest BCUT2D eigenvalue weighted by Gasteiger charge is -2.47. The van der Waals surface area contributed by atoms with Crippen LogP contribution in [0, 0.1) is 0 Å². The van der Waals surface area contributed by atoms with Gasteiger partial charge in [-0.25, -0.2) is 0 Å². The second-order valence-corrected chi connectivity index (χ2v) is 5.41. The van der Waals surface area contributed by atoms with E-state index in [1.54, 1.807) is 0 Å². The van der Waals surface area contributed by atoms with Crippen molar-refractivity contribution in [2.24, 2.45) is 5.73 Å². The Kier molecular flexibility index (Phi) is 3.71. The molecule has 1 unspecified atom stereocenters. The quantitative estimate of drug-likeness (QED) is 0.731. The lowest BCUT2D eigenvalue weighted by Crippen LogP contribution is -2.60. The number of rotatable bonds is 2. The third kappa shape index (κ3) is 2.08. The highest BCUT2D eigenvalue weighted by molar-refractivity contribution is 7.99. The summed E-state index contributed by atoms with van der Waals surface area (Å²) in [5.74, 6) is 2.50. The molecule has 2 saturated heterocycles. The zero-order valence-corrected chi connectivity index (χ0v) is 9.52. The van der Waals surface area contributed by atoms with E-state index in [2.05, 4.69) is 4.90 Å². The summed E-state index contributed by atoms with van der Waals surface area (Å²) in [6.45, 7) is 4.88. The average Bonchev–Trinajstić information content (AvgIpc) is 2.31. The van der Waals surface area contributed by atoms with Gasteiger partial charge in [-0.15, -0.1) is 0 Å². The van der Waals surface area contributed by atoms with Gasteiger partial charge in [0.2, 0.25) is 0 Å². The highest BCUT2D eigenvalue weighted by Gasteiger charge is 2.37. The molecule has 0 amide bonds. The van der Waals surface area contributed by atoms with Gasteiger partial charge in [-0.3, -0.25) is 4.90 Å². The normalized spacial score (nSPS) is 35.8. The highest BCUT2D eigenvalue weighted by atomic mass is 32.2. The predicted molar refractivity (Wildman–Crippen MR) is 60.7 cm³/mol.